The predicted octanol–water partition coefficient (Wildman–Crippen LogP) is 2.89. The maximum atomic E-state index is 12.7. The summed E-state index contributed by atoms with van der Waals surface area (Å²) in [6.07, 6.45) is 1.57. The lowest BCUT2D eigenvalue weighted by molar-refractivity contribution is 0.0594. The second-order valence-corrected chi connectivity index (χ2v) is 6.42. The standard InChI is InChI=1S/C20H24N2O2/c1-21-18-9-7-16(8-10-18)19(24)22-13-11-20(15-23,12-14-22)17-5-3-2-4-6-17/h2-10,21,23H,11-15H2,1H3. The third-order valence-electron chi connectivity index (χ3n) is 5.12. The zero-order valence-corrected chi connectivity index (χ0v) is 14.0. The zero-order valence-electron chi connectivity index (χ0n) is 14.0. The number of amides is 1. The number of piperidine rings is 1. The van der Waals surface area contributed by atoms with Gasteiger partial charge in [-0.2, -0.15) is 0 Å². The monoisotopic (exact) mass is 324 g/mol. The quantitative estimate of drug-likeness (QED) is 0.909. The van der Waals surface area contributed by atoms with Crippen LogP contribution in [0, 0.1) is 0 Å². The molecule has 4 nitrogen and oxygen atoms in total. The van der Waals surface area contributed by atoms with Gasteiger partial charge in [0.05, 0.1) is 6.61 Å². The van der Waals surface area contributed by atoms with Crippen LogP contribution < -0.4 is 5.32 Å². The van der Waals surface area contributed by atoms with Gasteiger partial charge in [0.2, 0.25) is 0 Å². The Balaban J connectivity index is 1.70. The lowest BCUT2D eigenvalue weighted by Gasteiger charge is -2.41. The number of hydrogen-bond donors (Lipinski definition) is 2. The predicted molar refractivity (Wildman–Crippen MR) is 96.3 cm³/mol. The molecule has 0 radical (unpaired) electrons. The van der Waals surface area contributed by atoms with Gasteiger partial charge < -0.3 is 15.3 Å². The highest BCUT2D eigenvalue weighted by Gasteiger charge is 2.37. The Bertz CT molecular complexity index is 675. The average molecular weight is 324 g/mol. The van der Waals surface area contributed by atoms with Crippen LogP contribution in [0.2, 0.25) is 0 Å². The minimum Gasteiger partial charge on any atom is -0.395 e. The molecule has 24 heavy (non-hydrogen) atoms. The molecule has 0 atom stereocenters. The van der Waals surface area contributed by atoms with E-state index in [1.165, 1.54) is 0 Å². The molecule has 1 amide bonds. The molecule has 1 aliphatic heterocycles. The van der Waals surface area contributed by atoms with Crippen molar-refractivity contribution in [1.82, 2.24) is 4.90 Å². The minimum atomic E-state index is -0.228. The van der Waals surface area contributed by atoms with Crippen molar-refractivity contribution < 1.29 is 9.90 Å². The summed E-state index contributed by atoms with van der Waals surface area (Å²) in [7, 11) is 1.86. The fourth-order valence-corrected chi connectivity index (χ4v) is 3.43. The third-order valence-corrected chi connectivity index (χ3v) is 5.12. The van der Waals surface area contributed by atoms with Crippen molar-refractivity contribution in [3.8, 4) is 0 Å². The summed E-state index contributed by atoms with van der Waals surface area (Å²) in [5.41, 5.74) is 2.64. The highest BCUT2D eigenvalue weighted by atomic mass is 16.3. The first-order chi connectivity index (χ1) is 11.7. The van der Waals surface area contributed by atoms with Gasteiger partial charge in [0.25, 0.3) is 5.91 Å². The molecule has 0 saturated carbocycles. The first-order valence-corrected chi connectivity index (χ1v) is 8.42. The molecule has 2 aromatic rings. The maximum Gasteiger partial charge on any atom is 0.253 e. The first-order valence-electron chi connectivity index (χ1n) is 8.42. The van der Waals surface area contributed by atoms with E-state index in [-0.39, 0.29) is 17.9 Å². The molecule has 126 valence electrons. The Kier molecular flexibility index (Phi) is 4.86. The molecule has 4 heteroatoms. The van der Waals surface area contributed by atoms with E-state index in [0.29, 0.717) is 18.7 Å². The molecule has 1 fully saturated rings. The number of aliphatic hydroxyl groups is 1. The van der Waals surface area contributed by atoms with Crippen LogP contribution in [-0.2, 0) is 5.41 Å². The fraction of sp³-hybridized carbons (Fsp3) is 0.350. The lowest BCUT2D eigenvalue weighted by Crippen LogP contribution is -2.46. The van der Waals surface area contributed by atoms with Gasteiger partial charge in [-0.25, -0.2) is 0 Å². The third kappa shape index (κ3) is 3.15. The summed E-state index contributed by atoms with van der Waals surface area (Å²) in [6.45, 7) is 1.46. The topological polar surface area (TPSA) is 52.6 Å². The van der Waals surface area contributed by atoms with E-state index < -0.39 is 0 Å². The van der Waals surface area contributed by atoms with Crippen LogP contribution in [0.4, 0.5) is 5.69 Å². The first kappa shape index (κ1) is 16.5. The summed E-state index contributed by atoms with van der Waals surface area (Å²) in [4.78, 5) is 14.6. The van der Waals surface area contributed by atoms with Gasteiger partial charge in [0.1, 0.15) is 0 Å². The molecular weight excluding hydrogens is 300 g/mol. The number of carbonyl (C=O) groups is 1. The van der Waals surface area contributed by atoms with Crippen molar-refractivity contribution in [2.45, 2.75) is 18.3 Å². The number of nitrogens with zero attached hydrogens (tertiary/aromatic N) is 1. The van der Waals surface area contributed by atoms with Crippen molar-refractivity contribution in [3.63, 3.8) is 0 Å². The molecule has 0 spiro atoms. The molecular formula is C20H24N2O2. The van der Waals surface area contributed by atoms with E-state index in [9.17, 15) is 9.90 Å². The van der Waals surface area contributed by atoms with Crippen molar-refractivity contribution in [2.24, 2.45) is 0 Å². The molecule has 2 N–H and O–H groups in total. The van der Waals surface area contributed by atoms with Gasteiger partial charge in [0.15, 0.2) is 0 Å². The van der Waals surface area contributed by atoms with E-state index in [1.807, 2.05) is 54.4 Å². The van der Waals surface area contributed by atoms with Crippen LogP contribution in [0.25, 0.3) is 0 Å². The number of nitrogens with one attached hydrogen (secondary N) is 1. The smallest absolute Gasteiger partial charge is 0.253 e. The molecule has 1 heterocycles. The Morgan fingerprint density at radius 3 is 2.25 bits per heavy atom. The van der Waals surface area contributed by atoms with Gasteiger partial charge in [-0.05, 0) is 42.7 Å². The molecule has 1 aliphatic rings. The van der Waals surface area contributed by atoms with E-state index in [1.54, 1.807) is 0 Å². The van der Waals surface area contributed by atoms with Gasteiger partial charge in [0, 0.05) is 36.8 Å². The van der Waals surface area contributed by atoms with Gasteiger partial charge in [-0.1, -0.05) is 30.3 Å². The maximum absolute atomic E-state index is 12.7. The van der Waals surface area contributed by atoms with Crippen molar-refractivity contribution >= 4 is 11.6 Å². The van der Waals surface area contributed by atoms with Crippen LogP contribution >= 0.6 is 0 Å². The number of hydrogen-bond acceptors (Lipinski definition) is 3. The second-order valence-electron chi connectivity index (χ2n) is 6.42. The number of likely N-dealkylation sites (tertiary alicyclic amines) is 1. The van der Waals surface area contributed by atoms with E-state index in [0.717, 1.165) is 24.1 Å². The Labute approximate surface area is 143 Å². The SMILES string of the molecule is CNc1ccc(C(=O)N2CCC(CO)(c3ccccc3)CC2)cc1. The Hall–Kier alpha value is -2.33. The van der Waals surface area contributed by atoms with Crippen LogP contribution in [0.1, 0.15) is 28.8 Å². The van der Waals surface area contributed by atoms with Crippen molar-refractivity contribution in [1.29, 1.82) is 0 Å². The highest BCUT2D eigenvalue weighted by molar-refractivity contribution is 5.94. The molecule has 1 saturated heterocycles. The second kappa shape index (κ2) is 7.05. The van der Waals surface area contributed by atoms with Crippen LogP contribution in [0.5, 0.6) is 0 Å². The van der Waals surface area contributed by atoms with Crippen LogP contribution in [-0.4, -0.2) is 42.7 Å². The van der Waals surface area contributed by atoms with Crippen LogP contribution in [0.15, 0.2) is 54.6 Å². The lowest BCUT2D eigenvalue weighted by atomic mass is 9.73. The summed E-state index contributed by atoms with van der Waals surface area (Å²) in [5, 5.41) is 13.0. The Morgan fingerprint density at radius 1 is 1.08 bits per heavy atom. The van der Waals surface area contributed by atoms with Gasteiger partial charge in [-0.15, -0.1) is 0 Å². The number of carbonyl (C=O) groups excluding carboxylic acids is 1. The minimum absolute atomic E-state index is 0.0669. The molecule has 0 bridgehead atoms. The van der Waals surface area contributed by atoms with E-state index in [4.69, 9.17) is 0 Å². The van der Waals surface area contributed by atoms with Crippen LogP contribution in [0.3, 0.4) is 0 Å². The number of anilines is 1. The van der Waals surface area contributed by atoms with E-state index >= 15 is 0 Å². The molecule has 3 rings (SSSR count). The number of benzene rings is 2. The molecule has 0 unspecified atom stereocenters. The normalized spacial score (nSPS) is 16.7. The van der Waals surface area contributed by atoms with Crippen molar-refractivity contribution in [3.05, 3.63) is 65.7 Å². The Morgan fingerprint density at radius 2 is 1.71 bits per heavy atom. The fourth-order valence-electron chi connectivity index (χ4n) is 3.43. The van der Waals surface area contributed by atoms with Gasteiger partial charge in [-0.3, -0.25) is 4.79 Å². The summed E-state index contributed by atoms with van der Waals surface area (Å²) >= 11 is 0. The zero-order chi connectivity index (χ0) is 17.0. The molecule has 0 aromatic heterocycles. The van der Waals surface area contributed by atoms with E-state index in [2.05, 4.69) is 17.4 Å². The average Bonchev–Trinajstić information content (AvgIpc) is 2.68. The highest BCUT2D eigenvalue weighted by Crippen LogP contribution is 2.35. The molecule has 2 aromatic carbocycles. The number of aliphatic hydroxyl groups excluding tert-OH is 1. The van der Waals surface area contributed by atoms with Gasteiger partial charge >= 0.3 is 0 Å². The van der Waals surface area contributed by atoms with Crippen molar-refractivity contribution in [2.75, 3.05) is 32.1 Å². The number of rotatable bonds is 4. The summed E-state index contributed by atoms with van der Waals surface area (Å²) in [5.74, 6) is 0.0669. The summed E-state index contributed by atoms with van der Waals surface area (Å²) in [6, 6.07) is 17.7. The largest absolute Gasteiger partial charge is 0.395 e. The molecule has 0 aliphatic carbocycles. The summed E-state index contributed by atoms with van der Waals surface area (Å²) < 4.78 is 0.